The molecule has 4 unspecified atom stereocenters. The van der Waals surface area contributed by atoms with Gasteiger partial charge < -0.3 is 4.74 Å². The number of ether oxygens (including phenoxy) is 1. The molecule has 2 nitrogen and oxygen atoms in total. The Morgan fingerprint density at radius 1 is 1.53 bits per heavy atom. The van der Waals surface area contributed by atoms with Crippen LogP contribution in [-0.2, 0) is 9.53 Å². The summed E-state index contributed by atoms with van der Waals surface area (Å²) in [6, 6.07) is 0. The van der Waals surface area contributed by atoms with Crippen LogP contribution in [0.2, 0.25) is 0 Å². The molecule has 1 fully saturated rings. The Bertz CT molecular complexity index is 354. The third-order valence-electron chi connectivity index (χ3n) is 3.92. The number of esters is 1. The van der Waals surface area contributed by atoms with Gasteiger partial charge in [0.05, 0.1) is 0 Å². The summed E-state index contributed by atoms with van der Waals surface area (Å²) in [7, 11) is 0. The Balaban J connectivity index is 1.90. The van der Waals surface area contributed by atoms with E-state index in [9.17, 15) is 4.79 Å². The Labute approximate surface area is 103 Å². The second-order valence-corrected chi connectivity index (χ2v) is 4.93. The number of fused-ring (bicyclic) bond motifs is 1. The van der Waals surface area contributed by atoms with Gasteiger partial charge in [0.1, 0.15) is 6.61 Å². The highest BCUT2D eigenvalue weighted by atomic mass is 16.5. The van der Waals surface area contributed by atoms with E-state index in [2.05, 4.69) is 30.9 Å². The summed E-state index contributed by atoms with van der Waals surface area (Å²) in [5.41, 5.74) is 0. The van der Waals surface area contributed by atoms with Crippen molar-refractivity contribution in [3.63, 3.8) is 0 Å². The second-order valence-electron chi connectivity index (χ2n) is 4.93. The van der Waals surface area contributed by atoms with Crippen LogP contribution in [0, 0.1) is 23.7 Å². The first kappa shape index (κ1) is 12.2. The summed E-state index contributed by atoms with van der Waals surface area (Å²) >= 11 is 0. The summed E-state index contributed by atoms with van der Waals surface area (Å²) in [5, 5.41) is 0. The normalized spacial score (nSPS) is 35.1. The van der Waals surface area contributed by atoms with E-state index in [0.29, 0.717) is 24.4 Å². The molecule has 2 aliphatic carbocycles. The molecule has 0 aliphatic heterocycles. The molecule has 0 saturated heterocycles. The molecule has 2 heteroatoms. The zero-order valence-electron chi connectivity index (χ0n) is 10.3. The van der Waals surface area contributed by atoms with Crippen molar-refractivity contribution in [3.8, 4) is 0 Å². The SMILES string of the molecule is C=CC1CC(/C=C/COC(C)=O)C2C=CCC12. The van der Waals surface area contributed by atoms with Crippen molar-refractivity contribution >= 4 is 5.97 Å². The summed E-state index contributed by atoms with van der Waals surface area (Å²) < 4.78 is 4.90. The minimum atomic E-state index is -0.219. The fraction of sp³-hybridized carbons (Fsp3) is 0.533. The maximum absolute atomic E-state index is 10.6. The van der Waals surface area contributed by atoms with Gasteiger partial charge in [-0.3, -0.25) is 4.79 Å². The third kappa shape index (κ3) is 2.68. The number of carbonyl (C=O) groups is 1. The van der Waals surface area contributed by atoms with E-state index in [-0.39, 0.29) is 5.97 Å². The summed E-state index contributed by atoms with van der Waals surface area (Å²) in [5.74, 6) is 2.40. The zero-order valence-corrected chi connectivity index (χ0v) is 10.3. The number of allylic oxidation sites excluding steroid dienone is 4. The number of hydrogen-bond donors (Lipinski definition) is 0. The quantitative estimate of drug-likeness (QED) is 0.550. The molecule has 0 spiro atoms. The van der Waals surface area contributed by atoms with Crippen molar-refractivity contribution in [1.82, 2.24) is 0 Å². The highest BCUT2D eigenvalue weighted by Crippen LogP contribution is 2.48. The molecule has 0 N–H and O–H groups in total. The van der Waals surface area contributed by atoms with E-state index in [0.717, 1.165) is 5.92 Å². The lowest BCUT2D eigenvalue weighted by molar-refractivity contribution is -0.139. The standard InChI is InChI=1S/C15H20O2/c1-3-12-10-13(6-5-9-17-11(2)16)15-8-4-7-14(12)15/h3-6,8,12-15H,1,7,9-10H2,2H3/b6-5+. The van der Waals surface area contributed by atoms with Crippen molar-refractivity contribution in [1.29, 1.82) is 0 Å². The van der Waals surface area contributed by atoms with Crippen molar-refractivity contribution in [3.05, 3.63) is 37.0 Å². The van der Waals surface area contributed by atoms with E-state index < -0.39 is 0 Å². The van der Waals surface area contributed by atoms with Crippen molar-refractivity contribution in [2.45, 2.75) is 19.8 Å². The first-order valence-electron chi connectivity index (χ1n) is 6.31. The van der Waals surface area contributed by atoms with Gasteiger partial charge in [-0.2, -0.15) is 0 Å². The van der Waals surface area contributed by atoms with Crippen LogP contribution in [-0.4, -0.2) is 12.6 Å². The van der Waals surface area contributed by atoms with Crippen molar-refractivity contribution in [2.24, 2.45) is 23.7 Å². The molecule has 4 atom stereocenters. The van der Waals surface area contributed by atoms with Gasteiger partial charge in [0.15, 0.2) is 0 Å². The number of carbonyl (C=O) groups excluding carboxylic acids is 1. The van der Waals surface area contributed by atoms with Gasteiger partial charge >= 0.3 is 5.97 Å². The van der Waals surface area contributed by atoms with Gasteiger partial charge in [0.2, 0.25) is 0 Å². The lowest BCUT2D eigenvalue weighted by Gasteiger charge is -2.15. The highest BCUT2D eigenvalue weighted by molar-refractivity contribution is 5.65. The van der Waals surface area contributed by atoms with Gasteiger partial charge in [-0.1, -0.05) is 30.4 Å². The van der Waals surface area contributed by atoms with Crippen LogP contribution < -0.4 is 0 Å². The molecule has 0 radical (unpaired) electrons. The van der Waals surface area contributed by atoms with Gasteiger partial charge in [0.25, 0.3) is 0 Å². The van der Waals surface area contributed by atoms with E-state index >= 15 is 0 Å². The van der Waals surface area contributed by atoms with Crippen LogP contribution in [0.4, 0.5) is 0 Å². The smallest absolute Gasteiger partial charge is 0.302 e. The minimum Gasteiger partial charge on any atom is -0.462 e. The average Bonchev–Trinajstić information content (AvgIpc) is 2.86. The first-order valence-corrected chi connectivity index (χ1v) is 6.31. The van der Waals surface area contributed by atoms with Crippen LogP contribution in [0.15, 0.2) is 37.0 Å². The Morgan fingerprint density at radius 2 is 2.35 bits per heavy atom. The fourth-order valence-electron chi connectivity index (χ4n) is 3.13. The Kier molecular flexibility index (Phi) is 3.82. The molecule has 17 heavy (non-hydrogen) atoms. The predicted molar refractivity (Wildman–Crippen MR) is 68.3 cm³/mol. The maximum atomic E-state index is 10.6. The summed E-state index contributed by atoms with van der Waals surface area (Å²) in [4.78, 5) is 10.6. The molecule has 0 aromatic carbocycles. The largest absolute Gasteiger partial charge is 0.462 e. The molecular weight excluding hydrogens is 212 g/mol. The van der Waals surface area contributed by atoms with Crippen LogP contribution in [0.3, 0.4) is 0 Å². The van der Waals surface area contributed by atoms with E-state index in [4.69, 9.17) is 4.74 Å². The minimum absolute atomic E-state index is 0.219. The van der Waals surface area contributed by atoms with Crippen LogP contribution in [0.25, 0.3) is 0 Å². The van der Waals surface area contributed by atoms with E-state index in [1.54, 1.807) is 0 Å². The molecule has 2 rings (SSSR count). The molecule has 0 aromatic rings. The highest BCUT2D eigenvalue weighted by Gasteiger charge is 2.40. The lowest BCUT2D eigenvalue weighted by Crippen LogP contribution is -2.09. The van der Waals surface area contributed by atoms with Crippen molar-refractivity contribution < 1.29 is 9.53 Å². The summed E-state index contributed by atoms with van der Waals surface area (Å²) in [6.07, 6.45) is 13.3. The molecule has 0 heterocycles. The second kappa shape index (κ2) is 5.35. The van der Waals surface area contributed by atoms with Gasteiger partial charge in [0, 0.05) is 6.92 Å². The first-order chi connectivity index (χ1) is 8.22. The fourth-order valence-corrected chi connectivity index (χ4v) is 3.13. The molecule has 2 aliphatic rings. The van der Waals surface area contributed by atoms with Gasteiger partial charge in [-0.25, -0.2) is 0 Å². The molecular formula is C15H20O2. The lowest BCUT2D eigenvalue weighted by atomic mass is 9.90. The molecule has 0 bridgehead atoms. The average molecular weight is 232 g/mol. The topological polar surface area (TPSA) is 26.3 Å². The Morgan fingerprint density at radius 3 is 3.06 bits per heavy atom. The zero-order chi connectivity index (χ0) is 12.3. The molecule has 92 valence electrons. The third-order valence-corrected chi connectivity index (χ3v) is 3.92. The maximum Gasteiger partial charge on any atom is 0.302 e. The number of hydrogen-bond acceptors (Lipinski definition) is 2. The molecule has 0 amide bonds. The predicted octanol–water partition coefficient (Wildman–Crippen LogP) is 3.12. The van der Waals surface area contributed by atoms with Crippen molar-refractivity contribution in [2.75, 3.05) is 6.61 Å². The van der Waals surface area contributed by atoms with E-state index in [1.165, 1.54) is 19.8 Å². The monoisotopic (exact) mass is 232 g/mol. The van der Waals surface area contributed by atoms with E-state index in [1.807, 2.05) is 6.08 Å². The summed E-state index contributed by atoms with van der Waals surface area (Å²) in [6.45, 7) is 5.77. The molecule has 1 saturated carbocycles. The van der Waals surface area contributed by atoms with Crippen LogP contribution >= 0.6 is 0 Å². The van der Waals surface area contributed by atoms with Crippen LogP contribution in [0.1, 0.15) is 19.8 Å². The Hall–Kier alpha value is -1.31. The molecule has 0 aromatic heterocycles. The van der Waals surface area contributed by atoms with Gasteiger partial charge in [-0.15, -0.1) is 6.58 Å². The van der Waals surface area contributed by atoms with Crippen LogP contribution in [0.5, 0.6) is 0 Å². The number of rotatable bonds is 4. The van der Waals surface area contributed by atoms with Gasteiger partial charge in [-0.05, 0) is 36.5 Å².